The molecule has 0 radical (unpaired) electrons. The van der Waals surface area contributed by atoms with Crippen LogP contribution in [0.5, 0.6) is 0 Å². The minimum atomic E-state index is -1.71. The Bertz CT molecular complexity index is 1010. The SMILES string of the molecule is OCC1OC(COCC2C(CO)OC(COCC3C(CO)OC(COCC4C(CO)OC(O)C(O)C4O)C(O)C3O)C(O)C2O)C(O)C(O)C1O. The minimum Gasteiger partial charge on any atom is -0.394 e. The molecule has 300 valence electrons. The molecule has 0 amide bonds. The first-order valence-corrected chi connectivity index (χ1v) is 16.9. The summed E-state index contributed by atoms with van der Waals surface area (Å²) in [6.07, 6.45) is -23.4. The van der Waals surface area contributed by atoms with Gasteiger partial charge in [-0.2, -0.15) is 0 Å². The van der Waals surface area contributed by atoms with Crippen LogP contribution in [0.1, 0.15) is 0 Å². The van der Waals surface area contributed by atoms with Gasteiger partial charge in [0.25, 0.3) is 0 Å². The van der Waals surface area contributed by atoms with Gasteiger partial charge in [-0.3, -0.25) is 0 Å². The van der Waals surface area contributed by atoms with E-state index in [1.54, 1.807) is 0 Å². The molecule has 21 heteroatoms. The predicted octanol–water partition coefficient (Wildman–Crippen LogP) is -8.88. The Kier molecular flexibility index (Phi) is 16.5. The lowest BCUT2D eigenvalue weighted by Gasteiger charge is -2.44. The third kappa shape index (κ3) is 9.89. The first-order valence-electron chi connectivity index (χ1n) is 16.9. The summed E-state index contributed by atoms with van der Waals surface area (Å²) in [4.78, 5) is 0. The van der Waals surface area contributed by atoms with Crippen LogP contribution in [0, 0.1) is 17.8 Å². The molecular formula is C30H54O21. The van der Waals surface area contributed by atoms with Crippen LogP contribution in [0.2, 0.25) is 0 Å². The predicted molar refractivity (Wildman–Crippen MR) is 162 cm³/mol. The fourth-order valence-electron chi connectivity index (χ4n) is 6.91. The van der Waals surface area contributed by atoms with Crippen LogP contribution in [-0.4, -0.2) is 242 Å². The number of hydrogen-bond acceptors (Lipinski definition) is 21. The molecule has 4 fully saturated rings. The van der Waals surface area contributed by atoms with E-state index in [1.165, 1.54) is 0 Å². The summed E-state index contributed by atoms with van der Waals surface area (Å²) in [5, 5.41) is 142. The Morgan fingerprint density at radius 2 is 0.588 bits per heavy atom. The van der Waals surface area contributed by atoms with Crippen LogP contribution >= 0.6 is 0 Å². The summed E-state index contributed by atoms with van der Waals surface area (Å²) in [6, 6.07) is 0. The van der Waals surface area contributed by atoms with Crippen molar-refractivity contribution >= 4 is 0 Å². The van der Waals surface area contributed by atoms with Gasteiger partial charge in [0.15, 0.2) is 6.29 Å². The van der Waals surface area contributed by atoms with E-state index in [2.05, 4.69) is 0 Å². The molecule has 21 nitrogen and oxygen atoms in total. The van der Waals surface area contributed by atoms with Gasteiger partial charge < -0.3 is 105 Å². The molecule has 0 aromatic heterocycles. The van der Waals surface area contributed by atoms with Crippen molar-refractivity contribution in [1.82, 2.24) is 0 Å². The molecule has 20 unspecified atom stereocenters. The summed E-state index contributed by atoms with van der Waals surface area (Å²) >= 11 is 0. The number of aliphatic hydroxyl groups excluding tert-OH is 14. The van der Waals surface area contributed by atoms with Crippen LogP contribution < -0.4 is 0 Å². The van der Waals surface area contributed by atoms with E-state index in [0.717, 1.165) is 0 Å². The van der Waals surface area contributed by atoms with E-state index in [0.29, 0.717) is 0 Å². The molecule has 0 aromatic rings. The fraction of sp³-hybridized carbons (Fsp3) is 1.00. The van der Waals surface area contributed by atoms with Gasteiger partial charge >= 0.3 is 0 Å². The van der Waals surface area contributed by atoms with E-state index in [9.17, 15) is 71.5 Å². The first kappa shape index (κ1) is 42.9. The Morgan fingerprint density at radius 1 is 0.294 bits per heavy atom. The van der Waals surface area contributed by atoms with Crippen molar-refractivity contribution in [1.29, 1.82) is 0 Å². The van der Waals surface area contributed by atoms with Crippen LogP contribution in [-0.2, 0) is 33.2 Å². The van der Waals surface area contributed by atoms with Gasteiger partial charge in [0.1, 0.15) is 61.0 Å². The van der Waals surface area contributed by atoms with E-state index < -0.39 is 148 Å². The zero-order valence-electron chi connectivity index (χ0n) is 27.7. The van der Waals surface area contributed by atoms with Gasteiger partial charge in [0.05, 0.1) is 103 Å². The standard InChI is InChI=1S/C30H54O21/c31-1-14-11(21(35)26(40)19(49-14)9-47-7-13-16(3-33)51-30(44)29(43)23(13)37)5-45-8-18-25(39)22(36)12(15(2-32)48-18)6-46-10-20-27(41)28(42)24(38)17(4-34)50-20/h11-44H,1-10H2. The fourth-order valence-corrected chi connectivity index (χ4v) is 6.91. The Hall–Kier alpha value is -0.840. The Balaban J connectivity index is 1.24. The van der Waals surface area contributed by atoms with Crippen molar-refractivity contribution in [3.8, 4) is 0 Å². The van der Waals surface area contributed by atoms with Crippen molar-refractivity contribution in [3.05, 3.63) is 0 Å². The molecule has 4 aliphatic heterocycles. The molecule has 4 heterocycles. The molecule has 4 rings (SSSR count). The van der Waals surface area contributed by atoms with Gasteiger partial charge in [-0.25, -0.2) is 0 Å². The second-order valence-corrected chi connectivity index (χ2v) is 13.5. The van der Waals surface area contributed by atoms with E-state index in [-0.39, 0.29) is 39.6 Å². The first-order chi connectivity index (χ1) is 24.3. The maximum absolute atomic E-state index is 10.9. The second-order valence-electron chi connectivity index (χ2n) is 13.5. The van der Waals surface area contributed by atoms with Crippen LogP contribution in [0.15, 0.2) is 0 Å². The van der Waals surface area contributed by atoms with Crippen molar-refractivity contribution in [2.45, 2.75) is 104 Å². The molecule has 0 spiro atoms. The third-order valence-corrected chi connectivity index (χ3v) is 10.2. The van der Waals surface area contributed by atoms with Crippen LogP contribution in [0.25, 0.3) is 0 Å². The second kappa shape index (κ2) is 19.7. The zero-order valence-corrected chi connectivity index (χ0v) is 27.7. The number of aliphatic hydroxyl groups is 14. The highest BCUT2D eigenvalue weighted by Crippen LogP contribution is 2.31. The lowest BCUT2D eigenvalue weighted by atomic mass is 9.86. The lowest BCUT2D eigenvalue weighted by molar-refractivity contribution is -0.282. The molecule has 0 aromatic carbocycles. The minimum absolute atomic E-state index is 0.287. The van der Waals surface area contributed by atoms with Crippen molar-refractivity contribution in [2.75, 3.05) is 66.1 Å². The third-order valence-electron chi connectivity index (χ3n) is 10.2. The molecule has 4 aliphatic rings. The topological polar surface area (TPSA) is 348 Å². The smallest absolute Gasteiger partial charge is 0.183 e. The molecule has 4 saturated heterocycles. The molecule has 20 atom stereocenters. The summed E-state index contributed by atoms with van der Waals surface area (Å²) in [7, 11) is 0. The molecule has 51 heavy (non-hydrogen) atoms. The van der Waals surface area contributed by atoms with Gasteiger partial charge in [-0.05, 0) is 0 Å². The number of ether oxygens (including phenoxy) is 7. The summed E-state index contributed by atoms with van der Waals surface area (Å²) in [5.74, 6) is -2.89. The molecule has 14 N–H and O–H groups in total. The maximum Gasteiger partial charge on any atom is 0.183 e. The molecule has 0 bridgehead atoms. The summed E-state index contributed by atoms with van der Waals surface area (Å²) in [5.41, 5.74) is 0. The monoisotopic (exact) mass is 750 g/mol. The molecular weight excluding hydrogens is 696 g/mol. The largest absolute Gasteiger partial charge is 0.394 e. The summed E-state index contributed by atoms with van der Waals surface area (Å²) < 4.78 is 38.7. The van der Waals surface area contributed by atoms with Crippen molar-refractivity contribution < 1.29 is 105 Å². The van der Waals surface area contributed by atoms with E-state index >= 15 is 0 Å². The van der Waals surface area contributed by atoms with Gasteiger partial charge in [0.2, 0.25) is 0 Å². The highest BCUT2D eigenvalue weighted by atomic mass is 16.6. The number of hydrogen-bond donors (Lipinski definition) is 14. The average Bonchev–Trinajstić information content (AvgIpc) is 3.12. The number of rotatable bonds is 16. The summed E-state index contributed by atoms with van der Waals surface area (Å²) in [6.45, 7) is -4.31. The Morgan fingerprint density at radius 3 is 0.961 bits per heavy atom. The lowest BCUT2D eigenvalue weighted by Crippen LogP contribution is -2.60. The van der Waals surface area contributed by atoms with E-state index in [1.807, 2.05) is 0 Å². The molecule has 0 saturated carbocycles. The van der Waals surface area contributed by atoms with Gasteiger partial charge in [-0.1, -0.05) is 0 Å². The highest BCUT2D eigenvalue weighted by molar-refractivity contribution is 4.96. The van der Waals surface area contributed by atoms with Crippen molar-refractivity contribution in [3.63, 3.8) is 0 Å². The normalized spacial score (nSPS) is 48.1. The van der Waals surface area contributed by atoms with Crippen LogP contribution in [0.3, 0.4) is 0 Å². The van der Waals surface area contributed by atoms with Gasteiger partial charge in [-0.15, -0.1) is 0 Å². The maximum atomic E-state index is 10.9. The van der Waals surface area contributed by atoms with E-state index in [4.69, 9.17) is 33.2 Å². The quantitative estimate of drug-likeness (QED) is 0.0696. The van der Waals surface area contributed by atoms with Crippen LogP contribution in [0.4, 0.5) is 0 Å². The average molecular weight is 751 g/mol. The van der Waals surface area contributed by atoms with Gasteiger partial charge in [0, 0.05) is 17.8 Å². The highest BCUT2D eigenvalue weighted by Gasteiger charge is 2.48. The Labute approximate surface area is 292 Å². The van der Waals surface area contributed by atoms with Crippen molar-refractivity contribution in [2.24, 2.45) is 17.8 Å². The molecule has 0 aliphatic carbocycles. The zero-order chi connectivity index (χ0) is 37.6.